The molecule has 0 saturated carbocycles. The summed E-state index contributed by atoms with van der Waals surface area (Å²) in [5, 5.41) is -0.259. The Labute approximate surface area is 105 Å². The number of rotatable bonds is 4. The number of ether oxygens (including phenoxy) is 1. The Morgan fingerprint density at radius 3 is 2.24 bits per heavy atom. The summed E-state index contributed by atoms with van der Waals surface area (Å²) in [6.07, 6.45) is 0. The number of methoxy groups -OCH3 is 1. The van der Waals surface area contributed by atoms with Gasteiger partial charge in [-0.15, -0.1) is 0 Å². The van der Waals surface area contributed by atoms with Crippen LogP contribution in [0.3, 0.4) is 0 Å². The Balaban J connectivity index is 2.83. The minimum atomic E-state index is -1.19. The lowest BCUT2D eigenvalue weighted by Crippen LogP contribution is -2.28. The van der Waals surface area contributed by atoms with Crippen LogP contribution < -0.4 is 0 Å². The lowest BCUT2D eigenvalue weighted by atomic mass is 10.1. The Morgan fingerprint density at radius 2 is 1.76 bits per heavy atom. The Morgan fingerprint density at radius 1 is 1.24 bits per heavy atom. The van der Waals surface area contributed by atoms with Crippen LogP contribution in [-0.2, 0) is 20.3 Å². The predicted molar refractivity (Wildman–Crippen MR) is 68.2 cm³/mol. The van der Waals surface area contributed by atoms with Crippen molar-refractivity contribution in [3.05, 3.63) is 29.8 Å². The largest absolute Gasteiger partial charge is 0.469 e. The summed E-state index contributed by atoms with van der Waals surface area (Å²) < 4.78 is 16.9. The first-order valence-corrected chi connectivity index (χ1v) is 6.73. The average Bonchev–Trinajstić information content (AvgIpc) is 2.36. The highest BCUT2D eigenvalue weighted by Crippen LogP contribution is 2.18. The zero-order valence-electron chi connectivity index (χ0n) is 10.6. The molecule has 0 aliphatic heterocycles. The molecule has 0 amide bonds. The van der Waals surface area contributed by atoms with Gasteiger partial charge in [0.15, 0.2) is 0 Å². The van der Waals surface area contributed by atoms with E-state index in [4.69, 9.17) is 0 Å². The first kappa shape index (κ1) is 13.9. The molecular formula is C13H18O3S. The van der Waals surface area contributed by atoms with Crippen molar-refractivity contribution in [3.8, 4) is 0 Å². The third kappa shape index (κ3) is 3.40. The number of benzene rings is 1. The zero-order chi connectivity index (χ0) is 13.0. The van der Waals surface area contributed by atoms with Crippen LogP contribution in [0, 0.1) is 12.8 Å². The molecule has 0 aliphatic rings. The zero-order valence-corrected chi connectivity index (χ0v) is 11.4. The average molecular weight is 254 g/mol. The summed E-state index contributed by atoms with van der Waals surface area (Å²) in [5.74, 6) is -0.694. The summed E-state index contributed by atoms with van der Waals surface area (Å²) in [4.78, 5) is 12.1. The predicted octanol–water partition coefficient (Wildman–Crippen LogP) is 2.30. The molecule has 1 aromatic rings. The maximum Gasteiger partial charge on any atom is 0.309 e. The quantitative estimate of drug-likeness (QED) is 0.774. The maximum absolute atomic E-state index is 12.2. The van der Waals surface area contributed by atoms with Crippen LogP contribution in [0.15, 0.2) is 29.2 Å². The minimum Gasteiger partial charge on any atom is -0.469 e. The fraction of sp³-hybridized carbons (Fsp3) is 0.462. The maximum atomic E-state index is 12.2. The van der Waals surface area contributed by atoms with Crippen molar-refractivity contribution < 1.29 is 13.7 Å². The van der Waals surface area contributed by atoms with E-state index in [1.165, 1.54) is 7.11 Å². The summed E-state index contributed by atoms with van der Waals surface area (Å²) in [7, 11) is 0.158. The number of hydrogen-bond acceptors (Lipinski definition) is 3. The van der Waals surface area contributed by atoms with Gasteiger partial charge in [0.2, 0.25) is 0 Å². The van der Waals surface area contributed by atoms with E-state index in [1.807, 2.05) is 31.2 Å². The standard InChI is InChI=1S/C13H18O3S/c1-9-5-7-12(8-6-9)17(15)11(3)10(2)13(14)16-4/h5-8,10-11H,1-4H3. The van der Waals surface area contributed by atoms with Gasteiger partial charge in [-0.2, -0.15) is 0 Å². The van der Waals surface area contributed by atoms with Gasteiger partial charge in [0.1, 0.15) is 0 Å². The first-order valence-electron chi connectivity index (χ1n) is 5.52. The van der Waals surface area contributed by atoms with Crippen LogP contribution in [-0.4, -0.2) is 22.5 Å². The van der Waals surface area contributed by atoms with E-state index in [0.29, 0.717) is 0 Å². The van der Waals surface area contributed by atoms with Crippen LogP contribution in [0.5, 0.6) is 0 Å². The minimum absolute atomic E-state index is 0.259. The van der Waals surface area contributed by atoms with E-state index >= 15 is 0 Å². The fourth-order valence-corrected chi connectivity index (χ4v) is 2.77. The van der Waals surface area contributed by atoms with Gasteiger partial charge in [0, 0.05) is 10.1 Å². The van der Waals surface area contributed by atoms with Crippen molar-refractivity contribution >= 4 is 16.8 Å². The molecule has 1 aromatic carbocycles. The second kappa shape index (κ2) is 5.96. The second-order valence-corrected chi connectivity index (χ2v) is 5.94. The van der Waals surface area contributed by atoms with E-state index in [1.54, 1.807) is 13.8 Å². The van der Waals surface area contributed by atoms with Crippen molar-refractivity contribution in [2.75, 3.05) is 7.11 Å². The summed E-state index contributed by atoms with van der Waals surface area (Å²) >= 11 is 0. The molecule has 0 fully saturated rings. The molecule has 0 aliphatic carbocycles. The van der Waals surface area contributed by atoms with E-state index in [0.717, 1.165) is 10.5 Å². The highest BCUT2D eigenvalue weighted by Gasteiger charge is 2.26. The number of carbonyl (C=O) groups is 1. The highest BCUT2D eigenvalue weighted by molar-refractivity contribution is 7.85. The lowest BCUT2D eigenvalue weighted by molar-refractivity contribution is -0.144. The van der Waals surface area contributed by atoms with Crippen LogP contribution >= 0.6 is 0 Å². The van der Waals surface area contributed by atoms with Crippen LogP contribution in [0.1, 0.15) is 19.4 Å². The van der Waals surface area contributed by atoms with Gasteiger partial charge in [0.05, 0.1) is 23.8 Å². The van der Waals surface area contributed by atoms with Crippen molar-refractivity contribution in [2.45, 2.75) is 30.9 Å². The third-order valence-electron chi connectivity index (χ3n) is 2.87. The van der Waals surface area contributed by atoms with Crippen molar-refractivity contribution in [3.63, 3.8) is 0 Å². The smallest absolute Gasteiger partial charge is 0.309 e. The molecular weight excluding hydrogens is 236 g/mol. The molecule has 94 valence electrons. The fourth-order valence-electron chi connectivity index (χ4n) is 1.45. The molecule has 4 heteroatoms. The van der Waals surface area contributed by atoms with Gasteiger partial charge < -0.3 is 4.74 Å². The molecule has 0 bridgehead atoms. The topological polar surface area (TPSA) is 43.4 Å². The molecule has 0 heterocycles. The number of aryl methyl sites for hydroxylation is 1. The SMILES string of the molecule is COC(=O)C(C)C(C)S(=O)c1ccc(C)cc1. The van der Waals surface area contributed by atoms with E-state index in [9.17, 15) is 9.00 Å². The Bertz CT molecular complexity index is 411. The van der Waals surface area contributed by atoms with Gasteiger partial charge in [0.25, 0.3) is 0 Å². The molecule has 0 aromatic heterocycles. The molecule has 0 N–H and O–H groups in total. The Hall–Kier alpha value is -1.16. The van der Waals surface area contributed by atoms with Gasteiger partial charge in [-0.05, 0) is 26.0 Å². The second-order valence-electron chi connectivity index (χ2n) is 4.13. The summed E-state index contributed by atoms with van der Waals surface area (Å²) in [5.41, 5.74) is 1.12. The van der Waals surface area contributed by atoms with Crippen molar-refractivity contribution in [2.24, 2.45) is 5.92 Å². The number of esters is 1. The van der Waals surface area contributed by atoms with Crippen LogP contribution in [0.25, 0.3) is 0 Å². The highest BCUT2D eigenvalue weighted by atomic mass is 32.2. The van der Waals surface area contributed by atoms with Crippen LogP contribution in [0.2, 0.25) is 0 Å². The van der Waals surface area contributed by atoms with Crippen LogP contribution in [0.4, 0.5) is 0 Å². The molecule has 3 unspecified atom stereocenters. The molecule has 1 rings (SSSR count). The summed E-state index contributed by atoms with van der Waals surface area (Å²) in [6.45, 7) is 5.52. The van der Waals surface area contributed by atoms with Gasteiger partial charge in [-0.1, -0.05) is 24.6 Å². The van der Waals surface area contributed by atoms with E-state index in [2.05, 4.69) is 4.74 Å². The van der Waals surface area contributed by atoms with Crippen molar-refractivity contribution in [1.29, 1.82) is 0 Å². The monoisotopic (exact) mass is 254 g/mol. The molecule has 0 radical (unpaired) electrons. The third-order valence-corrected chi connectivity index (χ3v) is 4.69. The van der Waals surface area contributed by atoms with E-state index < -0.39 is 10.8 Å². The Kier molecular flexibility index (Phi) is 4.87. The molecule has 17 heavy (non-hydrogen) atoms. The van der Waals surface area contributed by atoms with E-state index in [-0.39, 0.29) is 17.1 Å². The van der Waals surface area contributed by atoms with Gasteiger partial charge in [-0.25, -0.2) is 0 Å². The molecule has 0 saturated heterocycles. The van der Waals surface area contributed by atoms with Crippen molar-refractivity contribution in [1.82, 2.24) is 0 Å². The molecule has 3 nitrogen and oxygen atoms in total. The lowest BCUT2D eigenvalue weighted by Gasteiger charge is -2.17. The first-order chi connectivity index (χ1) is 7.97. The molecule has 3 atom stereocenters. The van der Waals surface area contributed by atoms with Gasteiger partial charge >= 0.3 is 5.97 Å². The normalized spacial score (nSPS) is 16.0. The molecule has 0 spiro atoms. The number of hydrogen-bond donors (Lipinski definition) is 0. The number of carbonyl (C=O) groups excluding carboxylic acids is 1. The summed E-state index contributed by atoms with van der Waals surface area (Å²) in [6, 6.07) is 7.52. The van der Waals surface area contributed by atoms with Gasteiger partial charge in [-0.3, -0.25) is 9.00 Å².